The van der Waals surface area contributed by atoms with Gasteiger partial charge in [-0.05, 0) is 19.2 Å². The van der Waals surface area contributed by atoms with Crippen molar-refractivity contribution < 1.29 is 9.63 Å². The second-order valence-corrected chi connectivity index (χ2v) is 2.30. The normalized spacial score (nSPS) is 14.9. The number of carbonyl (C=O) groups excluding carboxylic acids is 1. The first-order chi connectivity index (χ1) is 5.84. The Morgan fingerprint density at radius 2 is 2.67 bits per heavy atom. The molecule has 0 saturated carbocycles. The van der Waals surface area contributed by atoms with Crippen LogP contribution in [-0.2, 0) is 9.63 Å². The molecule has 0 radical (unpaired) electrons. The molecular formula is C8H12N2O2. The second-order valence-electron chi connectivity index (χ2n) is 2.30. The van der Waals surface area contributed by atoms with Crippen LogP contribution < -0.4 is 10.8 Å². The van der Waals surface area contributed by atoms with Crippen LogP contribution in [0.4, 0.5) is 0 Å². The highest BCUT2D eigenvalue weighted by atomic mass is 16.6. The summed E-state index contributed by atoms with van der Waals surface area (Å²) in [6, 6.07) is 0. The Hall–Kier alpha value is -1.29. The van der Waals surface area contributed by atoms with Crippen LogP contribution in [0.3, 0.4) is 0 Å². The van der Waals surface area contributed by atoms with Gasteiger partial charge in [0.1, 0.15) is 0 Å². The van der Waals surface area contributed by atoms with Crippen LogP contribution in [0.5, 0.6) is 0 Å². The fourth-order valence-corrected chi connectivity index (χ4v) is 0.819. The third-order valence-corrected chi connectivity index (χ3v) is 1.40. The molecule has 1 aliphatic rings. The molecule has 0 aliphatic carbocycles. The third-order valence-electron chi connectivity index (χ3n) is 1.40. The number of amides is 1. The third kappa shape index (κ3) is 2.39. The van der Waals surface area contributed by atoms with Gasteiger partial charge in [-0.3, -0.25) is 9.63 Å². The summed E-state index contributed by atoms with van der Waals surface area (Å²) in [7, 11) is 0. The zero-order valence-corrected chi connectivity index (χ0v) is 6.96. The molecule has 1 amide bonds. The predicted octanol–water partition coefficient (Wildman–Crippen LogP) is 0.0974. The molecule has 4 nitrogen and oxygen atoms in total. The summed E-state index contributed by atoms with van der Waals surface area (Å²) in [6.45, 7) is 2.84. The SMILES string of the molecule is CCONC(=O)C1=CC=CNC1. The molecule has 0 aromatic rings. The molecule has 1 aliphatic heterocycles. The maximum atomic E-state index is 11.2. The predicted molar refractivity (Wildman–Crippen MR) is 45.0 cm³/mol. The summed E-state index contributed by atoms with van der Waals surface area (Å²) in [4.78, 5) is 15.9. The number of rotatable bonds is 3. The lowest BCUT2D eigenvalue weighted by Crippen LogP contribution is -2.30. The number of hydroxylamine groups is 1. The molecule has 0 unspecified atom stereocenters. The number of dihydropyridines is 1. The minimum Gasteiger partial charge on any atom is -0.387 e. The van der Waals surface area contributed by atoms with Gasteiger partial charge in [-0.15, -0.1) is 0 Å². The molecule has 12 heavy (non-hydrogen) atoms. The van der Waals surface area contributed by atoms with Crippen molar-refractivity contribution in [2.24, 2.45) is 0 Å². The first-order valence-corrected chi connectivity index (χ1v) is 3.86. The van der Waals surface area contributed by atoms with Crippen molar-refractivity contribution in [1.29, 1.82) is 0 Å². The molecule has 0 aromatic heterocycles. The van der Waals surface area contributed by atoms with Crippen molar-refractivity contribution in [2.45, 2.75) is 6.92 Å². The summed E-state index contributed by atoms with van der Waals surface area (Å²) in [5, 5.41) is 2.93. The van der Waals surface area contributed by atoms with Crippen LogP contribution in [0, 0.1) is 0 Å². The van der Waals surface area contributed by atoms with E-state index in [-0.39, 0.29) is 5.91 Å². The topological polar surface area (TPSA) is 50.4 Å². The van der Waals surface area contributed by atoms with Crippen molar-refractivity contribution in [1.82, 2.24) is 10.8 Å². The van der Waals surface area contributed by atoms with Crippen LogP contribution in [-0.4, -0.2) is 19.1 Å². The number of hydrogen-bond acceptors (Lipinski definition) is 3. The summed E-state index contributed by atoms with van der Waals surface area (Å²) < 4.78 is 0. The van der Waals surface area contributed by atoms with Gasteiger partial charge in [0.25, 0.3) is 5.91 Å². The molecule has 0 bridgehead atoms. The summed E-state index contributed by atoms with van der Waals surface area (Å²) >= 11 is 0. The van der Waals surface area contributed by atoms with Crippen molar-refractivity contribution in [3.8, 4) is 0 Å². The van der Waals surface area contributed by atoms with E-state index < -0.39 is 0 Å². The van der Waals surface area contributed by atoms with Crippen LogP contribution in [0.2, 0.25) is 0 Å². The smallest absolute Gasteiger partial charge is 0.272 e. The van der Waals surface area contributed by atoms with Crippen molar-refractivity contribution in [2.75, 3.05) is 13.2 Å². The van der Waals surface area contributed by atoms with Crippen LogP contribution in [0.25, 0.3) is 0 Å². The zero-order valence-electron chi connectivity index (χ0n) is 6.96. The van der Waals surface area contributed by atoms with Crippen LogP contribution in [0.1, 0.15) is 6.92 Å². The molecule has 1 rings (SSSR count). The Bertz CT molecular complexity index is 221. The highest BCUT2D eigenvalue weighted by molar-refractivity contribution is 5.93. The van der Waals surface area contributed by atoms with E-state index in [0.717, 1.165) is 0 Å². The Labute approximate surface area is 71.2 Å². The standard InChI is InChI=1S/C8H12N2O2/c1-2-12-10-8(11)7-4-3-5-9-6-7/h3-5,9H,2,6H2,1H3,(H,10,11). The van der Waals surface area contributed by atoms with Crippen molar-refractivity contribution in [3.63, 3.8) is 0 Å². The molecule has 0 saturated heterocycles. The highest BCUT2D eigenvalue weighted by Crippen LogP contribution is 1.97. The van der Waals surface area contributed by atoms with Gasteiger partial charge in [-0.2, -0.15) is 0 Å². The fraction of sp³-hybridized carbons (Fsp3) is 0.375. The number of allylic oxidation sites excluding steroid dienone is 2. The van der Waals surface area contributed by atoms with Gasteiger partial charge in [0.05, 0.1) is 6.61 Å². The lowest BCUT2D eigenvalue weighted by Gasteiger charge is -2.09. The van der Waals surface area contributed by atoms with Gasteiger partial charge in [0, 0.05) is 12.1 Å². The molecule has 4 heteroatoms. The van der Waals surface area contributed by atoms with E-state index in [1.807, 2.05) is 6.92 Å². The molecular weight excluding hydrogens is 156 g/mol. The minimum atomic E-state index is -0.186. The van der Waals surface area contributed by atoms with E-state index in [1.165, 1.54) is 0 Å². The van der Waals surface area contributed by atoms with E-state index in [4.69, 9.17) is 4.84 Å². The average Bonchev–Trinajstić information content (AvgIpc) is 2.15. The van der Waals surface area contributed by atoms with E-state index in [9.17, 15) is 4.79 Å². The molecule has 0 atom stereocenters. The Balaban J connectivity index is 2.40. The lowest BCUT2D eigenvalue weighted by molar-refractivity contribution is -0.129. The van der Waals surface area contributed by atoms with Gasteiger partial charge >= 0.3 is 0 Å². The van der Waals surface area contributed by atoms with Gasteiger partial charge in [0.15, 0.2) is 0 Å². The molecule has 0 spiro atoms. The van der Waals surface area contributed by atoms with Crippen LogP contribution in [0.15, 0.2) is 23.9 Å². The van der Waals surface area contributed by atoms with Crippen molar-refractivity contribution in [3.05, 3.63) is 23.9 Å². The van der Waals surface area contributed by atoms with Crippen LogP contribution >= 0.6 is 0 Å². The lowest BCUT2D eigenvalue weighted by atomic mass is 10.2. The maximum Gasteiger partial charge on any atom is 0.272 e. The molecule has 0 aromatic carbocycles. The summed E-state index contributed by atoms with van der Waals surface area (Å²) in [5.74, 6) is -0.186. The highest BCUT2D eigenvalue weighted by Gasteiger charge is 2.08. The minimum absolute atomic E-state index is 0.186. The largest absolute Gasteiger partial charge is 0.387 e. The first-order valence-electron chi connectivity index (χ1n) is 3.86. The summed E-state index contributed by atoms with van der Waals surface area (Å²) in [5.41, 5.74) is 2.99. The van der Waals surface area contributed by atoms with Gasteiger partial charge < -0.3 is 5.32 Å². The van der Waals surface area contributed by atoms with Gasteiger partial charge in [0.2, 0.25) is 0 Å². The quantitative estimate of drug-likeness (QED) is 0.587. The maximum absolute atomic E-state index is 11.2. The Morgan fingerprint density at radius 1 is 1.83 bits per heavy atom. The number of nitrogens with one attached hydrogen (secondary N) is 2. The monoisotopic (exact) mass is 168 g/mol. The second kappa shape index (κ2) is 4.56. The van der Waals surface area contributed by atoms with E-state index in [0.29, 0.717) is 18.7 Å². The Morgan fingerprint density at radius 3 is 3.25 bits per heavy atom. The molecule has 1 heterocycles. The molecule has 2 N–H and O–H groups in total. The Kier molecular flexibility index (Phi) is 3.35. The molecule has 0 fully saturated rings. The summed E-state index contributed by atoms with van der Waals surface area (Å²) in [6.07, 6.45) is 5.33. The number of carbonyl (C=O) groups is 1. The number of hydrogen-bond donors (Lipinski definition) is 2. The van der Waals surface area contributed by atoms with Gasteiger partial charge in [-0.1, -0.05) is 6.08 Å². The van der Waals surface area contributed by atoms with Crippen molar-refractivity contribution >= 4 is 5.91 Å². The van der Waals surface area contributed by atoms with Gasteiger partial charge in [-0.25, -0.2) is 5.48 Å². The fourth-order valence-electron chi connectivity index (χ4n) is 0.819. The van der Waals surface area contributed by atoms with E-state index in [2.05, 4.69) is 10.8 Å². The van der Waals surface area contributed by atoms with E-state index in [1.54, 1.807) is 18.4 Å². The van der Waals surface area contributed by atoms with E-state index >= 15 is 0 Å². The zero-order chi connectivity index (χ0) is 8.81. The molecule has 66 valence electrons. The average molecular weight is 168 g/mol. The first kappa shape index (κ1) is 8.80.